The van der Waals surface area contributed by atoms with Crippen molar-refractivity contribution in [2.45, 2.75) is 64.6 Å². The molecule has 0 saturated heterocycles. The predicted octanol–water partition coefficient (Wildman–Crippen LogP) is 4.13. The number of alkyl carbamates (subject to hydrolysis) is 1. The summed E-state index contributed by atoms with van der Waals surface area (Å²) >= 11 is 0. The Morgan fingerprint density at radius 3 is 2.19 bits per heavy atom. The summed E-state index contributed by atoms with van der Waals surface area (Å²) in [6.07, 6.45) is 1.10. The zero-order valence-electron chi connectivity index (χ0n) is 21.5. The van der Waals surface area contributed by atoms with Gasteiger partial charge in [-0.1, -0.05) is 74.0 Å². The first-order chi connectivity index (χ1) is 17.2. The zero-order chi connectivity index (χ0) is 26.6. The third-order valence-corrected chi connectivity index (χ3v) is 5.30. The fourth-order valence-corrected chi connectivity index (χ4v) is 3.67. The van der Waals surface area contributed by atoms with Crippen LogP contribution in [0, 0.1) is 11.3 Å². The van der Waals surface area contributed by atoms with Gasteiger partial charge in [0.05, 0.1) is 6.07 Å². The van der Waals surface area contributed by atoms with Crippen molar-refractivity contribution in [2.24, 2.45) is 0 Å². The molecule has 2 aromatic rings. The quantitative estimate of drug-likeness (QED) is 0.362. The number of unbranched alkanes of at least 4 members (excludes halogenated alkanes) is 1. The van der Waals surface area contributed by atoms with Gasteiger partial charge >= 0.3 is 6.09 Å². The molecular weight excluding hydrogens is 456 g/mol. The van der Waals surface area contributed by atoms with Crippen LogP contribution in [0.1, 0.15) is 57.7 Å². The minimum atomic E-state index is -1.05. The molecule has 36 heavy (non-hydrogen) atoms. The van der Waals surface area contributed by atoms with Crippen LogP contribution in [0.5, 0.6) is 0 Å². The zero-order valence-corrected chi connectivity index (χ0v) is 21.5. The van der Waals surface area contributed by atoms with Crippen LogP contribution in [0.25, 0.3) is 0 Å². The molecular formula is C28H36N4O4. The maximum absolute atomic E-state index is 13.9. The van der Waals surface area contributed by atoms with Crippen molar-refractivity contribution in [3.8, 4) is 6.07 Å². The molecule has 2 unspecified atom stereocenters. The molecule has 0 aliphatic carbocycles. The maximum atomic E-state index is 13.9. The average molecular weight is 493 g/mol. The molecule has 0 aromatic heterocycles. The van der Waals surface area contributed by atoms with E-state index in [2.05, 4.69) is 10.6 Å². The van der Waals surface area contributed by atoms with Gasteiger partial charge < -0.3 is 20.3 Å². The smallest absolute Gasteiger partial charge is 0.408 e. The number of carbonyl (C=O) groups is 3. The summed E-state index contributed by atoms with van der Waals surface area (Å²) in [6.45, 7) is 7.33. The number of amides is 3. The Balaban J connectivity index is 2.44. The molecule has 2 atom stereocenters. The van der Waals surface area contributed by atoms with E-state index in [1.165, 1.54) is 4.90 Å². The van der Waals surface area contributed by atoms with Crippen LogP contribution in [0.4, 0.5) is 4.79 Å². The monoisotopic (exact) mass is 492 g/mol. The van der Waals surface area contributed by atoms with Crippen LogP contribution in [0.15, 0.2) is 60.7 Å². The van der Waals surface area contributed by atoms with E-state index in [4.69, 9.17) is 4.74 Å². The number of hydrogen-bond acceptors (Lipinski definition) is 5. The number of nitriles is 1. The van der Waals surface area contributed by atoms with Crippen LogP contribution >= 0.6 is 0 Å². The first kappa shape index (κ1) is 28.4. The molecule has 8 heteroatoms. The van der Waals surface area contributed by atoms with E-state index in [9.17, 15) is 19.6 Å². The molecule has 0 bridgehead atoms. The third-order valence-electron chi connectivity index (χ3n) is 5.30. The maximum Gasteiger partial charge on any atom is 0.408 e. The third kappa shape index (κ3) is 9.06. The summed E-state index contributed by atoms with van der Waals surface area (Å²) in [5.74, 6) is -0.931. The number of rotatable bonds is 11. The predicted molar refractivity (Wildman–Crippen MR) is 138 cm³/mol. The molecule has 0 saturated carbocycles. The lowest BCUT2D eigenvalue weighted by Crippen LogP contribution is -2.54. The Labute approximate surface area is 213 Å². The van der Waals surface area contributed by atoms with E-state index in [-0.39, 0.29) is 18.9 Å². The lowest BCUT2D eigenvalue weighted by molar-refractivity contribution is -0.141. The molecule has 2 N–H and O–H groups in total. The molecule has 2 rings (SSSR count). The average Bonchev–Trinajstić information content (AvgIpc) is 2.83. The molecule has 0 fully saturated rings. The molecule has 2 aromatic carbocycles. The second-order valence-corrected chi connectivity index (χ2v) is 9.47. The molecule has 3 amide bonds. The van der Waals surface area contributed by atoms with Gasteiger partial charge in [-0.3, -0.25) is 9.59 Å². The van der Waals surface area contributed by atoms with Crippen molar-refractivity contribution in [1.82, 2.24) is 15.5 Å². The SMILES string of the molecule is CCCCNC(=O)C(c1ccccc1)N(CC#N)C(=O)C(Cc1ccccc1)NC(=O)OC(C)(C)C. The summed E-state index contributed by atoms with van der Waals surface area (Å²) in [4.78, 5) is 41.1. The van der Waals surface area contributed by atoms with Crippen LogP contribution in [-0.4, -0.2) is 47.5 Å². The van der Waals surface area contributed by atoms with Crippen molar-refractivity contribution in [3.05, 3.63) is 71.8 Å². The summed E-state index contributed by atoms with van der Waals surface area (Å²) in [5.41, 5.74) is 0.626. The van der Waals surface area contributed by atoms with Gasteiger partial charge in [-0.05, 0) is 38.3 Å². The van der Waals surface area contributed by atoms with Gasteiger partial charge in [-0.25, -0.2) is 4.79 Å². The normalized spacial score (nSPS) is 12.5. The number of benzene rings is 2. The van der Waals surface area contributed by atoms with Gasteiger partial charge in [0.25, 0.3) is 0 Å². The lowest BCUT2D eigenvalue weighted by atomic mass is 10.0. The van der Waals surface area contributed by atoms with Crippen LogP contribution < -0.4 is 10.6 Å². The highest BCUT2D eigenvalue weighted by Crippen LogP contribution is 2.23. The number of hydrogen-bond donors (Lipinski definition) is 2. The highest BCUT2D eigenvalue weighted by Gasteiger charge is 2.36. The minimum absolute atomic E-state index is 0.166. The minimum Gasteiger partial charge on any atom is -0.444 e. The summed E-state index contributed by atoms with van der Waals surface area (Å²) in [6, 6.07) is 18.0. The highest BCUT2D eigenvalue weighted by molar-refractivity contribution is 5.92. The highest BCUT2D eigenvalue weighted by atomic mass is 16.6. The van der Waals surface area contributed by atoms with Gasteiger partial charge in [0.15, 0.2) is 0 Å². The summed E-state index contributed by atoms with van der Waals surface area (Å²) in [5, 5.41) is 15.1. The van der Waals surface area contributed by atoms with E-state index >= 15 is 0 Å². The van der Waals surface area contributed by atoms with Gasteiger partial charge in [-0.2, -0.15) is 5.26 Å². The van der Waals surface area contributed by atoms with E-state index < -0.39 is 29.7 Å². The molecule has 192 valence electrons. The molecule has 0 radical (unpaired) electrons. The van der Waals surface area contributed by atoms with Crippen LogP contribution in [0.2, 0.25) is 0 Å². The van der Waals surface area contributed by atoms with Crippen molar-refractivity contribution in [1.29, 1.82) is 5.26 Å². The topological polar surface area (TPSA) is 112 Å². The van der Waals surface area contributed by atoms with E-state index in [1.54, 1.807) is 45.0 Å². The Bertz CT molecular complexity index is 1030. The summed E-state index contributed by atoms with van der Waals surface area (Å²) < 4.78 is 5.39. The second kappa shape index (κ2) is 13.9. The first-order valence-electron chi connectivity index (χ1n) is 12.2. The van der Waals surface area contributed by atoms with Crippen molar-refractivity contribution < 1.29 is 19.1 Å². The first-order valence-corrected chi connectivity index (χ1v) is 12.2. The number of carbonyl (C=O) groups excluding carboxylic acids is 3. The standard InChI is InChI=1S/C28H36N4O4/c1-5-6-18-30-25(33)24(22-15-11-8-12-16-22)32(19-17-29)26(34)23(20-21-13-9-7-10-14-21)31-27(35)36-28(2,3)4/h7-16,23-24H,5-6,18-20H2,1-4H3,(H,30,33)(H,31,35). The number of nitrogens with zero attached hydrogens (tertiary/aromatic N) is 2. The largest absolute Gasteiger partial charge is 0.444 e. The molecule has 0 aliphatic heterocycles. The fraction of sp³-hybridized carbons (Fsp3) is 0.429. The van der Waals surface area contributed by atoms with Gasteiger partial charge in [-0.15, -0.1) is 0 Å². The summed E-state index contributed by atoms with van der Waals surface area (Å²) in [7, 11) is 0. The van der Waals surface area contributed by atoms with Crippen molar-refractivity contribution >= 4 is 17.9 Å². The van der Waals surface area contributed by atoms with Gasteiger partial charge in [0.2, 0.25) is 11.8 Å². The van der Waals surface area contributed by atoms with Gasteiger partial charge in [0.1, 0.15) is 24.2 Å². The number of ether oxygens (including phenoxy) is 1. The Kier molecular flexibility index (Phi) is 10.9. The van der Waals surface area contributed by atoms with Crippen LogP contribution in [-0.2, 0) is 20.7 Å². The van der Waals surface area contributed by atoms with Crippen molar-refractivity contribution in [2.75, 3.05) is 13.1 Å². The van der Waals surface area contributed by atoms with E-state index in [1.807, 2.05) is 49.4 Å². The molecule has 0 aliphatic rings. The Morgan fingerprint density at radius 2 is 1.64 bits per heavy atom. The fourth-order valence-electron chi connectivity index (χ4n) is 3.67. The molecule has 8 nitrogen and oxygen atoms in total. The van der Waals surface area contributed by atoms with E-state index in [0.717, 1.165) is 18.4 Å². The lowest BCUT2D eigenvalue weighted by Gasteiger charge is -2.33. The molecule has 0 heterocycles. The van der Waals surface area contributed by atoms with Gasteiger partial charge in [0, 0.05) is 13.0 Å². The Morgan fingerprint density at radius 1 is 1.03 bits per heavy atom. The van der Waals surface area contributed by atoms with Crippen molar-refractivity contribution in [3.63, 3.8) is 0 Å². The molecule has 0 spiro atoms. The second-order valence-electron chi connectivity index (χ2n) is 9.47. The van der Waals surface area contributed by atoms with E-state index in [0.29, 0.717) is 12.1 Å². The number of nitrogens with one attached hydrogen (secondary N) is 2. The Hall–Kier alpha value is -3.86. The van der Waals surface area contributed by atoms with Crippen LogP contribution in [0.3, 0.4) is 0 Å².